The molecule has 0 saturated carbocycles. The predicted molar refractivity (Wildman–Crippen MR) is 81.7 cm³/mol. The first-order valence-corrected chi connectivity index (χ1v) is 8.74. The van der Waals surface area contributed by atoms with Crippen LogP contribution in [0, 0.1) is 0 Å². The molecule has 2 aromatic rings. The molecular weight excluding hydrogens is 320 g/mol. The average molecular weight is 338 g/mol. The van der Waals surface area contributed by atoms with Crippen LogP contribution >= 0.6 is 0 Å². The van der Waals surface area contributed by atoms with Gasteiger partial charge in [-0.1, -0.05) is 23.3 Å². The highest BCUT2D eigenvalue weighted by molar-refractivity contribution is 7.91. The maximum absolute atomic E-state index is 12.6. The Morgan fingerprint density at radius 1 is 1.30 bits per heavy atom. The normalized spacial score (nSPS) is 12.8. The van der Waals surface area contributed by atoms with E-state index in [-0.39, 0.29) is 24.6 Å². The highest BCUT2D eigenvalue weighted by Gasteiger charge is 2.30. The van der Waals surface area contributed by atoms with Gasteiger partial charge < -0.3 is 4.74 Å². The van der Waals surface area contributed by atoms with E-state index < -0.39 is 21.1 Å². The Kier molecular flexibility index (Phi) is 5.43. The second kappa shape index (κ2) is 7.32. The Morgan fingerprint density at radius 3 is 2.65 bits per heavy atom. The summed E-state index contributed by atoms with van der Waals surface area (Å²) < 4.78 is 31.3. The maximum atomic E-state index is 12.6. The molecule has 1 unspecified atom stereocenters. The van der Waals surface area contributed by atoms with Crippen LogP contribution in [0.3, 0.4) is 0 Å². The zero-order valence-corrected chi connectivity index (χ0v) is 13.7. The number of nitrogens with zero attached hydrogens (tertiary/aromatic N) is 4. The largest absolute Gasteiger partial charge is 0.466 e. The highest BCUT2D eigenvalue weighted by Crippen LogP contribution is 2.19. The van der Waals surface area contributed by atoms with Crippen LogP contribution in [0.5, 0.6) is 0 Å². The number of para-hydroxylation sites is 1. The van der Waals surface area contributed by atoms with Crippen LogP contribution in [-0.4, -0.2) is 46.5 Å². The van der Waals surface area contributed by atoms with E-state index in [1.54, 1.807) is 31.2 Å². The Labute approximate surface area is 134 Å². The molecule has 8 nitrogen and oxygen atoms in total. The molecule has 0 amide bonds. The van der Waals surface area contributed by atoms with Crippen LogP contribution in [0.15, 0.2) is 35.5 Å². The second-order valence-electron chi connectivity index (χ2n) is 4.91. The lowest BCUT2D eigenvalue weighted by atomic mass is 10.2. The van der Waals surface area contributed by atoms with Gasteiger partial charge in [-0.05, 0) is 42.8 Å². The van der Waals surface area contributed by atoms with E-state index >= 15 is 0 Å². The molecule has 23 heavy (non-hydrogen) atoms. The van der Waals surface area contributed by atoms with Crippen molar-refractivity contribution in [1.82, 2.24) is 20.2 Å². The molecule has 9 heteroatoms. The maximum Gasteiger partial charge on any atom is 0.305 e. The zero-order chi connectivity index (χ0) is 16.9. The Balaban J connectivity index is 2.21. The van der Waals surface area contributed by atoms with Crippen LogP contribution in [-0.2, 0) is 19.4 Å². The Morgan fingerprint density at radius 2 is 2.00 bits per heavy atom. The molecule has 0 aliphatic rings. The van der Waals surface area contributed by atoms with Crippen molar-refractivity contribution >= 4 is 15.8 Å². The van der Waals surface area contributed by atoms with Crippen molar-refractivity contribution in [3.05, 3.63) is 30.3 Å². The molecule has 0 fully saturated rings. The summed E-state index contributed by atoms with van der Waals surface area (Å²) in [4.78, 5) is 11.4. The van der Waals surface area contributed by atoms with Crippen molar-refractivity contribution in [2.45, 2.75) is 37.1 Å². The molecule has 0 radical (unpaired) electrons. The number of sulfone groups is 1. The summed E-state index contributed by atoms with van der Waals surface area (Å²) in [7, 11) is -3.77. The lowest BCUT2D eigenvalue weighted by Gasteiger charge is -2.12. The van der Waals surface area contributed by atoms with E-state index in [9.17, 15) is 13.2 Å². The molecule has 1 heterocycles. The van der Waals surface area contributed by atoms with Crippen LogP contribution in [0.4, 0.5) is 0 Å². The molecule has 0 bridgehead atoms. The summed E-state index contributed by atoms with van der Waals surface area (Å²) in [5.41, 5.74) is 0.550. The van der Waals surface area contributed by atoms with Crippen molar-refractivity contribution in [1.29, 1.82) is 0 Å². The minimum absolute atomic E-state index is 0.0289. The van der Waals surface area contributed by atoms with Gasteiger partial charge in [0.2, 0.25) is 9.84 Å². The van der Waals surface area contributed by atoms with Crippen molar-refractivity contribution < 1.29 is 17.9 Å². The summed E-state index contributed by atoms with van der Waals surface area (Å²) >= 11 is 0. The van der Waals surface area contributed by atoms with Gasteiger partial charge >= 0.3 is 5.97 Å². The minimum Gasteiger partial charge on any atom is -0.466 e. The lowest BCUT2D eigenvalue weighted by Crippen LogP contribution is -2.23. The average Bonchev–Trinajstić information content (AvgIpc) is 3.04. The number of hydrogen-bond acceptors (Lipinski definition) is 7. The topological polar surface area (TPSA) is 104 Å². The molecular formula is C14H18N4O4S. The van der Waals surface area contributed by atoms with Crippen molar-refractivity contribution in [3.8, 4) is 5.69 Å². The Hall–Kier alpha value is -2.29. The molecule has 124 valence electrons. The van der Waals surface area contributed by atoms with Gasteiger partial charge in [0.05, 0.1) is 17.5 Å². The predicted octanol–water partition coefficient (Wildman–Crippen LogP) is 1.17. The number of hydrogen-bond donors (Lipinski definition) is 0. The minimum atomic E-state index is -3.77. The third-order valence-electron chi connectivity index (χ3n) is 3.29. The van der Waals surface area contributed by atoms with E-state index in [0.717, 1.165) is 0 Å². The monoisotopic (exact) mass is 338 g/mol. The van der Waals surface area contributed by atoms with Gasteiger partial charge in [0, 0.05) is 6.42 Å². The van der Waals surface area contributed by atoms with Crippen LogP contribution in [0.2, 0.25) is 0 Å². The molecule has 1 aromatic carbocycles. The first-order valence-electron chi connectivity index (χ1n) is 7.20. The first-order chi connectivity index (χ1) is 11.0. The van der Waals surface area contributed by atoms with E-state index in [1.165, 1.54) is 11.6 Å². The van der Waals surface area contributed by atoms with Gasteiger partial charge in [0.15, 0.2) is 0 Å². The van der Waals surface area contributed by atoms with Gasteiger partial charge in [-0.15, -0.1) is 0 Å². The number of carbonyl (C=O) groups is 1. The molecule has 1 aromatic heterocycles. The van der Waals surface area contributed by atoms with Gasteiger partial charge in [0.25, 0.3) is 5.16 Å². The van der Waals surface area contributed by atoms with E-state index in [2.05, 4.69) is 15.5 Å². The SMILES string of the molecule is CCOC(=O)CCC(C)S(=O)(=O)c1nnnn1-c1ccccc1. The number of ether oxygens (including phenoxy) is 1. The summed E-state index contributed by atoms with van der Waals surface area (Å²) in [6.45, 7) is 3.50. The fraction of sp³-hybridized carbons (Fsp3) is 0.429. The second-order valence-corrected chi connectivity index (χ2v) is 7.17. The summed E-state index contributed by atoms with van der Waals surface area (Å²) in [6, 6.07) is 8.75. The number of esters is 1. The molecule has 0 N–H and O–H groups in total. The zero-order valence-electron chi connectivity index (χ0n) is 12.9. The van der Waals surface area contributed by atoms with Crippen LogP contribution < -0.4 is 0 Å². The van der Waals surface area contributed by atoms with Gasteiger partial charge in [-0.25, -0.2) is 8.42 Å². The van der Waals surface area contributed by atoms with Gasteiger partial charge in [0.1, 0.15) is 0 Å². The van der Waals surface area contributed by atoms with Crippen molar-refractivity contribution in [3.63, 3.8) is 0 Å². The molecule has 0 aliphatic heterocycles. The fourth-order valence-electron chi connectivity index (χ4n) is 1.98. The number of benzene rings is 1. The van der Waals surface area contributed by atoms with Crippen molar-refractivity contribution in [2.75, 3.05) is 6.61 Å². The van der Waals surface area contributed by atoms with Crippen LogP contribution in [0.1, 0.15) is 26.7 Å². The third-order valence-corrected chi connectivity index (χ3v) is 5.34. The van der Waals surface area contributed by atoms with E-state index in [0.29, 0.717) is 5.69 Å². The number of rotatable bonds is 7. The summed E-state index contributed by atoms with van der Waals surface area (Å²) in [5.74, 6) is -0.419. The molecule has 1 atom stereocenters. The molecule has 0 aliphatic carbocycles. The summed E-state index contributed by atoms with van der Waals surface area (Å²) in [6.07, 6.45) is 0.171. The fourth-order valence-corrected chi connectivity index (χ4v) is 3.30. The number of tetrazole rings is 1. The highest BCUT2D eigenvalue weighted by atomic mass is 32.2. The van der Waals surface area contributed by atoms with Crippen molar-refractivity contribution in [2.24, 2.45) is 0 Å². The van der Waals surface area contributed by atoms with Gasteiger partial charge in [-0.2, -0.15) is 4.68 Å². The molecule has 0 saturated heterocycles. The van der Waals surface area contributed by atoms with E-state index in [1.807, 2.05) is 6.07 Å². The quantitative estimate of drug-likeness (QED) is 0.698. The van der Waals surface area contributed by atoms with E-state index in [4.69, 9.17) is 4.74 Å². The molecule has 2 rings (SSSR count). The number of carbonyl (C=O) groups excluding carboxylic acids is 1. The summed E-state index contributed by atoms with van der Waals surface area (Å²) in [5, 5.41) is 9.81. The first kappa shape index (κ1) is 17.1. The standard InChI is InChI=1S/C14H18N4O4S/c1-3-22-13(19)10-9-11(2)23(20,21)14-15-16-17-18(14)12-7-5-4-6-8-12/h4-8,11H,3,9-10H2,1-2H3. The lowest BCUT2D eigenvalue weighted by molar-refractivity contribution is -0.143. The Bertz CT molecular complexity index is 758. The third kappa shape index (κ3) is 3.92. The smallest absolute Gasteiger partial charge is 0.305 e. The number of aromatic nitrogens is 4. The van der Waals surface area contributed by atoms with Crippen LogP contribution in [0.25, 0.3) is 5.69 Å². The molecule has 0 spiro atoms. The van der Waals surface area contributed by atoms with Gasteiger partial charge in [-0.3, -0.25) is 4.79 Å².